The van der Waals surface area contributed by atoms with Gasteiger partial charge in [-0.05, 0) is 101 Å². The zero-order chi connectivity index (χ0) is 30.3. The number of nitrogen functional groups attached to an aromatic ring is 2. The van der Waals surface area contributed by atoms with Gasteiger partial charge in [0.25, 0.3) is 0 Å². The second kappa shape index (κ2) is 9.63. The first kappa shape index (κ1) is 28.4. The standard InChI is InChI=1S/C36H40N2O3S/c1-19-21(3)33-25(23(5)31(19)37)17-35(7,40-33)27-13-9-11-15-29(27)42(39)30-16-12-10-14-28(30)36(8)18-26-24(6)32(38)20(2)22(4)34(26)41-36/h9-16H,17-18,37-38H2,1-8H3. The highest BCUT2D eigenvalue weighted by Gasteiger charge is 2.44. The van der Waals surface area contributed by atoms with Crippen molar-refractivity contribution in [1.29, 1.82) is 0 Å². The van der Waals surface area contributed by atoms with Crippen molar-refractivity contribution in [3.8, 4) is 11.5 Å². The Bertz CT molecular complexity index is 1620. The van der Waals surface area contributed by atoms with Crippen LogP contribution in [-0.4, -0.2) is 4.21 Å². The number of anilines is 2. The van der Waals surface area contributed by atoms with Crippen LogP contribution in [0.25, 0.3) is 0 Å². The lowest BCUT2D eigenvalue weighted by Crippen LogP contribution is -2.30. The largest absolute Gasteiger partial charge is 0.482 e. The summed E-state index contributed by atoms with van der Waals surface area (Å²) in [5.74, 6) is 1.79. The Labute approximate surface area is 251 Å². The van der Waals surface area contributed by atoms with E-state index in [0.717, 1.165) is 88.3 Å². The maximum Gasteiger partial charge on any atom is 0.137 e. The van der Waals surface area contributed by atoms with Crippen LogP contribution in [0.1, 0.15) is 69.5 Å². The molecule has 4 aromatic carbocycles. The van der Waals surface area contributed by atoms with Gasteiger partial charge in [-0.15, -0.1) is 0 Å². The summed E-state index contributed by atoms with van der Waals surface area (Å²) < 4.78 is 28.2. The van der Waals surface area contributed by atoms with Crippen molar-refractivity contribution in [1.82, 2.24) is 0 Å². The monoisotopic (exact) mass is 580 g/mol. The van der Waals surface area contributed by atoms with E-state index in [9.17, 15) is 4.21 Å². The van der Waals surface area contributed by atoms with Gasteiger partial charge in [-0.1, -0.05) is 36.4 Å². The average molecular weight is 581 g/mol. The van der Waals surface area contributed by atoms with E-state index < -0.39 is 22.0 Å². The summed E-state index contributed by atoms with van der Waals surface area (Å²) in [5.41, 5.74) is 23.6. The summed E-state index contributed by atoms with van der Waals surface area (Å²) in [4.78, 5) is 1.48. The summed E-state index contributed by atoms with van der Waals surface area (Å²) in [7, 11) is -1.49. The molecule has 6 heteroatoms. The minimum Gasteiger partial charge on any atom is -0.482 e. The maximum atomic E-state index is 14.7. The van der Waals surface area contributed by atoms with Crippen LogP contribution in [0.15, 0.2) is 58.3 Å². The normalized spacial score (nSPS) is 21.4. The highest BCUT2D eigenvalue weighted by molar-refractivity contribution is 7.85. The van der Waals surface area contributed by atoms with Crippen molar-refractivity contribution in [2.45, 2.75) is 89.2 Å². The van der Waals surface area contributed by atoms with Crippen molar-refractivity contribution in [2.75, 3.05) is 11.5 Å². The molecule has 4 N–H and O–H groups in total. The van der Waals surface area contributed by atoms with Gasteiger partial charge in [0.15, 0.2) is 0 Å². The van der Waals surface area contributed by atoms with E-state index in [1.54, 1.807) is 0 Å². The number of hydrogen-bond acceptors (Lipinski definition) is 5. The van der Waals surface area contributed by atoms with Crippen LogP contribution in [0, 0.1) is 41.5 Å². The van der Waals surface area contributed by atoms with Crippen molar-refractivity contribution in [2.24, 2.45) is 0 Å². The molecule has 0 fully saturated rings. The molecule has 2 heterocycles. The van der Waals surface area contributed by atoms with Crippen LogP contribution in [0.5, 0.6) is 11.5 Å². The van der Waals surface area contributed by atoms with Crippen molar-refractivity contribution < 1.29 is 13.7 Å². The lowest BCUT2D eigenvalue weighted by molar-refractivity contribution is 0.111. The van der Waals surface area contributed by atoms with Crippen molar-refractivity contribution >= 4 is 22.2 Å². The topological polar surface area (TPSA) is 87.6 Å². The molecular formula is C36H40N2O3S. The number of ether oxygens (including phenoxy) is 2. The van der Waals surface area contributed by atoms with Gasteiger partial charge in [0.05, 0.1) is 20.6 Å². The highest BCUT2D eigenvalue weighted by atomic mass is 32.2. The molecule has 2 aliphatic heterocycles. The van der Waals surface area contributed by atoms with Crippen LogP contribution < -0.4 is 20.9 Å². The summed E-state index contributed by atoms with van der Waals surface area (Å²) in [6, 6.07) is 15.9. The molecule has 0 saturated heterocycles. The molecule has 0 spiro atoms. The molecule has 0 saturated carbocycles. The third-order valence-corrected chi connectivity index (χ3v) is 11.4. The lowest BCUT2D eigenvalue weighted by atomic mass is 9.88. The summed E-state index contributed by atoms with van der Waals surface area (Å²) in [6.45, 7) is 16.5. The summed E-state index contributed by atoms with van der Waals surface area (Å²) >= 11 is 0. The second-order valence-electron chi connectivity index (χ2n) is 12.5. The van der Waals surface area contributed by atoms with Gasteiger partial charge in [-0.3, -0.25) is 0 Å². The zero-order valence-corrected chi connectivity index (χ0v) is 26.6. The van der Waals surface area contributed by atoms with Crippen LogP contribution >= 0.6 is 0 Å². The molecular weight excluding hydrogens is 540 g/mol. The molecule has 218 valence electrons. The quantitative estimate of drug-likeness (QED) is 0.243. The van der Waals surface area contributed by atoms with Gasteiger partial charge in [0.2, 0.25) is 0 Å². The Morgan fingerprint density at radius 3 is 1.33 bits per heavy atom. The molecule has 4 aromatic rings. The van der Waals surface area contributed by atoms with E-state index in [-0.39, 0.29) is 0 Å². The van der Waals surface area contributed by atoms with Crippen molar-refractivity contribution in [3.05, 3.63) is 104 Å². The Balaban J connectivity index is 1.42. The molecule has 2 atom stereocenters. The fourth-order valence-electron chi connectivity index (χ4n) is 6.87. The summed E-state index contributed by atoms with van der Waals surface area (Å²) in [5, 5.41) is 0. The highest BCUT2D eigenvalue weighted by Crippen LogP contribution is 2.51. The first-order valence-electron chi connectivity index (χ1n) is 14.5. The number of rotatable bonds is 4. The Morgan fingerprint density at radius 2 is 0.952 bits per heavy atom. The van der Waals surface area contributed by atoms with Gasteiger partial charge in [0.1, 0.15) is 22.7 Å². The number of benzene rings is 4. The van der Waals surface area contributed by atoms with Gasteiger partial charge in [-0.25, -0.2) is 4.21 Å². The first-order chi connectivity index (χ1) is 19.8. The summed E-state index contributed by atoms with van der Waals surface area (Å²) in [6.07, 6.45) is 1.32. The van der Waals surface area contributed by atoms with E-state index in [4.69, 9.17) is 20.9 Å². The molecule has 0 bridgehead atoms. The molecule has 2 aliphatic rings. The molecule has 0 amide bonds. The molecule has 2 unspecified atom stereocenters. The Hall–Kier alpha value is -3.77. The maximum absolute atomic E-state index is 14.7. The second-order valence-corrected chi connectivity index (χ2v) is 13.9. The van der Waals surface area contributed by atoms with Crippen LogP contribution in [-0.2, 0) is 34.8 Å². The smallest absolute Gasteiger partial charge is 0.137 e. The number of fused-ring (bicyclic) bond motifs is 2. The minimum atomic E-state index is -1.49. The fourth-order valence-corrected chi connectivity index (χ4v) is 8.48. The minimum absolute atomic E-state index is 0.658. The third-order valence-electron chi connectivity index (χ3n) is 9.87. The fraction of sp³-hybridized carbons (Fsp3) is 0.333. The molecule has 6 rings (SSSR count). The SMILES string of the molecule is Cc1c(C)c2c(c(C)c1N)CC(C)(c1ccccc1S(=O)c1ccccc1C1(C)Cc3c(C)c(N)c(C)c(C)c3O1)O2. The van der Waals surface area contributed by atoms with Crippen LogP contribution in [0.2, 0.25) is 0 Å². The molecule has 5 nitrogen and oxygen atoms in total. The number of hydrogen-bond donors (Lipinski definition) is 2. The molecule has 0 aliphatic carbocycles. The number of nitrogens with two attached hydrogens (primary N) is 2. The molecule has 0 aromatic heterocycles. The van der Waals surface area contributed by atoms with E-state index >= 15 is 0 Å². The molecule has 0 radical (unpaired) electrons. The average Bonchev–Trinajstić information content (AvgIpc) is 3.55. The van der Waals surface area contributed by atoms with E-state index in [1.807, 2.05) is 62.4 Å². The predicted octanol–water partition coefficient (Wildman–Crippen LogP) is 7.57. The van der Waals surface area contributed by atoms with Crippen LogP contribution in [0.3, 0.4) is 0 Å². The third kappa shape index (κ3) is 3.98. The Morgan fingerprint density at radius 1 is 0.595 bits per heavy atom. The van der Waals surface area contributed by atoms with Gasteiger partial charge >= 0.3 is 0 Å². The van der Waals surface area contributed by atoms with E-state index in [0.29, 0.717) is 12.8 Å². The van der Waals surface area contributed by atoms with Crippen LogP contribution in [0.4, 0.5) is 11.4 Å². The van der Waals surface area contributed by atoms with E-state index in [1.165, 1.54) is 0 Å². The van der Waals surface area contributed by atoms with E-state index in [2.05, 4.69) is 41.5 Å². The van der Waals surface area contributed by atoms with Crippen molar-refractivity contribution in [3.63, 3.8) is 0 Å². The Kier molecular flexibility index (Phi) is 6.50. The predicted molar refractivity (Wildman–Crippen MR) is 171 cm³/mol. The molecule has 42 heavy (non-hydrogen) atoms. The lowest BCUT2D eigenvalue weighted by Gasteiger charge is -2.29. The van der Waals surface area contributed by atoms with Gasteiger partial charge in [-0.2, -0.15) is 0 Å². The van der Waals surface area contributed by atoms with Gasteiger partial charge < -0.3 is 20.9 Å². The van der Waals surface area contributed by atoms with Gasteiger partial charge in [0, 0.05) is 46.5 Å². The zero-order valence-electron chi connectivity index (χ0n) is 25.8. The first-order valence-corrected chi connectivity index (χ1v) is 15.7.